The highest BCUT2D eigenvalue weighted by Crippen LogP contribution is 2.23. The average molecular weight is 276 g/mol. The number of ether oxygens (including phenoxy) is 1. The summed E-state index contributed by atoms with van der Waals surface area (Å²) in [5.74, 6) is -0.476. The van der Waals surface area contributed by atoms with Crippen LogP contribution in [0.1, 0.15) is 36.1 Å². The quantitative estimate of drug-likeness (QED) is 0.845. The van der Waals surface area contributed by atoms with Crippen molar-refractivity contribution in [2.75, 3.05) is 7.11 Å². The Morgan fingerprint density at radius 2 is 2.15 bits per heavy atom. The Morgan fingerprint density at radius 1 is 1.45 bits per heavy atom. The van der Waals surface area contributed by atoms with Gasteiger partial charge in [0.15, 0.2) is 5.78 Å². The molecule has 0 amide bonds. The van der Waals surface area contributed by atoms with E-state index in [4.69, 9.17) is 4.74 Å². The molecule has 0 aliphatic carbocycles. The number of carbonyl (C=O) groups is 2. The van der Waals surface area contributed by atoms with E-state index in [1.54, 1.807) is 29.7 Å². The molecule has 0 saturated carbocycles. The highest BCUT2D eigenvalue weighted by Gasteiger charge is 2.21. The Bertz CT molecular complexity index is 675. The van der Waals surface area contributed by atoms with E-state index in [0.717, 1.165) is 0 Å². The van der Waals surface area contributed by atoms with Gasteiger partial charge in [0.05, 0.1) is 11.0 Å². The topological polar surface area (TPSA) is 81.4 Å². The third-order valence-electron chi connectivity index (χ3n) is 3.19. The van der Waals surface area contributed by atoms with Crippen LogP contribution in [0.2, 0.25) is 0 Å². The molecule has 1 unspecified atom stereocenters. The third-order valence-corrected chi connectivity index (χ3v) is 3.19. The summed E-state index contributed by atoms with van der Waals surface area (Å²) in [6, 6.07) is 4.31. The second-order valence-corrected chi connectivity index (χ2v) is 4.60. The fraction of sp³-hybridized carbons (Fsp3) is 0.357. The number of Topliss-reactive ketones (excluding diaryl/α,β-unsaturated/α-hetero) is 1. The van der Waals surface area contributed by atoms with Gasteiger partial charge in [-0.15, -0.1) is 0 Å². The van der Waals surface area contributed by atoms with Crippen molar-refractivity contribution in [3.63, 3.8) is 0 Å². The van der Waals surface area contributed by atoms with Crippen LogP contribution in [0.5, 0.6) is 0 Å². The van der Waals surface area contributed by atoms with Gasteiger partial charge in [-0.2, -0.15) is 0 Å². The number of carbonyl (C=O) groups excluding carboxylic acids is 1. The Morgan fingerprint density at radius 3 is 2.70 bits per heavy atom. The van der Waals surface area contributed by atoms with Gasteiger partial charge in [0, 0.05) is 12.7 Å². The molecule has 6 heteroatoms. The molecule has 20 heavy (non-hydrogen) atoms. The van der Waals surface area contributed by atoms with Crippen LogP contribution in [-0.4, -0.2) is 33.5 Å². The van der Waals surface area contributed by atoms with Gasteiger partial charge in [0.1, 0.15) is 18.5 Å². The normalized spacial score (nSPS) is 12.6. The summed E-state index contributed by atoms with van der Waals surface area (Å²) in [5, 5.41) is 9.21. The van der Waals surface area contributed by atoms with E-state index < -0.39 is 12.0 Å². The number of imidazole rings is 1. The fourth-order valence-electron chi connectivity index (χ4n) is 2.14. The molecular formula is C14H16N2O4. The van der Waals surface area contributed by atoms with Crippen molar-refractivity contribution < 1.29 is 19.4 Å². The Labute approximate surface area is 116 Å². The first-order chi connectivity index (χ1) is 9.45. The lowest BCUT2D eigenvalue weighted by Gasteiger charge is -2.13. The van der Waals surface area contributed by atoms with Crippen LogP contribution in [0, 0.1) is 0 Å². The molecule has 0 saturated heterocycles. The van der Waals surface area contributed by atoms with Crippen molar-refractivity contribution in [1.82, 2.24) is 9.55 Å². The summed E-state index contributed by atoms with van der Waals surface area (Å²) in [6.07, 6.45) is 0. The molecule has 0 radical (unpaired) electrons. The second-order valence-electron chi connectivity index (χ2n) is 4.60. The molecule has 2 aromatic rings. The zero-order valence-corrected chi connectivity index (χ0v) is 11.6. The summed E-state index contributed by atoms with van der Waals surface area (Å²) in [6.45, 7) is 3.28. The summed E-state index contributed by atoms with van der Waals surface area (Å²) in [5.41, 5.74) is 1.82. The van der Waals surface area contributed by atoms with Crippen molar-refractivity contribution in [1.29, 1.82) is 0 Å². The molecule has 0 fully saturated rings. The van der Waals surface area contributed by atoms with E-state index in [2.05, 4.69) is 4.98 Å². The largest absolute Gasteiger partial charge is 0.480 e. The van der Waals surface area contributed by atoms with Crippen LogP contribution >= 0.6 is 0 Å². The van der Waals surface area contributed by atoms with E-state index >= 15 is 0 Å². The smallest absolute Gasteiger partial charge is 0.326 e. The number of aromatic nitrogens is 2. The molecule has 2 rings (SSSR count). The number of carboxylic acids is 1. The molecule has 1 atom stereocenters. The van der Waals surface area contributed by atoms with Crippen molar-refractivity contribution in [2.45, 2.75) is 26.5 Å². The summed E-state index contributed by atoms with van der Waals surface area (Å²) in [7, 11) is 1.52. The molecule has 0 spiro atoms. The number of fused-ring (bicyclic) bond motifs is 1. The van der Waals surface area contributed by atoms with E-state index in [9.17, 15) is 14.7 Å². The van der Waals surface area contributed by atoms with Crippen molar-refractivity contribution >= 4 is 22.8 Å². The first kappa shape index (κ1) is 14.2. The Balaban J connectivity index is 2.66. The number of nitrogens with zero attached hydrogens (tertiary/aromatic N) is 2. The Kier molecular flexibility index (Phi) is 3.85. The SMILES string of the molecule is COCc1nc2cc(C(C)=O)ccc2n1C(C)C(=O)O. The number of hydrogen-bond acceptors (Lipinski definition) is 4. The van der Waals surface area contributed by atoms with Gasteiger partial charge in [-0.1, -0.05) is 0 Å². The molecule has 106 valence electrons. The van der Waals surface area contributed by atoms with Gasteiger partial charge in [0.25, 0.3) is 0 Å². The summed E-state index contributed by atoms with van der Waals surface area (Å²) >= 11 is 0. The van der Waals surface area contributed by atoms with E-state index in [-0.39, 0.29) is 12.4 Å². The van der Waals surface area contributed by atoms with Crippen molar-refractivity contribution in [3.8, 4) is 0 Å². The number of methoxy groups -OCH3 is 1. The molecular weight excluding hydrogens is 260 g/mol. The standard InChI is InChI=1S/C14H16N2O4/c1-8(14(18)19)16-12-5-4-10(9(2)17)6-11(12)15-13(16)7-20-3/h4-6,8H,7H2,1-3H3,(H,18,19). The fourth-order valence-corrected chi connectivity index (χ4v) is 2.14. The maximum absolute atomic E-state index is 11.4. The minimum Gasteiger partial charge on any atom is -0.480 e. The van der Waals surface area contributed by atoms with E-state index in [1.807, 2.05) is 0 Å². The second kappa shape index (κ2) is 5.42. The third kappa shape index (κ3) is 2.42. The average Bonchev–Trinajstić information content (AvgIpc) is 2.74. The van der Waals surface area contributed by atoms with Gasteiger partial charge >= 0.3 is 5.97 Å². The first-order valence-electron chi connectivity index (χ1n) is 6.19. The lowest BCUT2D eigenvalue weighted by atomic mass is 10.1. The maximum Gasteiger partial charge on any atom is 0.326 e. The highest BCUT2D eigenvalue weighted by atomic mass is 16.5. The molecule has 1 aromatic carbocycles. The minimum atomic E-state index is -0.947. The monoisotopic (exact) mass is 276 g/mol. The number of hydrogen-bond donors (Lipinski definition) is 1. The molecule has 0 bridgehead atoms. The number of ketones is 1. The van der Waals surface area contributed by atoms with Crippen LogP contribution in [0.4, 0.5) is 0 Å². The maximum atomic E-state index is 11.4. The predicted molar refractivity (Wildman–Crippen MR) is 72.8 cm³/mol. The summed E-state index contributed by atoms with van der Waals surface area (Å²) < 4.78 is 6.68. The zero-order valence-electron chi connectivity index (χ0n) is 11.6. The van der Waals surface area contributed by atoms with Crippen LogP contribution in [0.3, 0.4) is 0 Å². The lowest BCUT2D eigenvalue weighted by molar-refractivity contribution is -0.140. The molecule has 1 heterocycles. The van der Waals surface area contributed by atoms with Crippen LogP contribution in [0.25, 0.3) is 11.0 Å². The van der Waals surface area contributed by atoms with Gasteiger partial charge in [-0.05, 0) is 32.0 Å². The van der Waals surface area contributed by atoms with Crippen molar-refractivity contribution in [2.24, 2.45) is 0 Å². The molecule has 6 nitrogen and oxygen atoms in total. The van der Waals surface area contributed by atoms with Crippen LogP contribution < -0.4 is 0 Å². The van der Waals surface area contributed by atoms with Crippen LogP contribution in [-0.2, 0) is 16.1 Å². The van der Waals surface area contributed by atoms with Gasteiger partial charge < -0.3 is 14.4 Å². The number of rotatable bonds is 5. The highest BCUT2D eigenvalue weighted by molar-refractivity contribution is 5.97. The minimum absolute atomic E-state index is 0.0546. The Hall–Kier alpha value is -2.21. The van der Waals surface area contributed by atoms with Gasteiger partial charge in [-0.3, -0.25) is 4.79 Å². The molecule has 0 aliphatic rings. The molecule has 1 aromatic heterocycles. The van der Waals surface area contributed by atoms with Gasteiger partial charge in [0.2, 0.25) is 0 Å². The number of carboxylic acid groups (broad SMARTS) is 1. The van der Waals surface area contributed by atoms with Crippen LogP contribution in [0.15, 0.2) is 18.2 Å². The number of benzene rings is 1. The molecule has 0 aliphatic heterocycles. The van der Waals surface area contributed by atoms with Crippen molar-refractivity contribution in [3.05, 3.63) is 29.6 Å². The molecule has 1 N–H and O–H groups in total. The summed E-state index contributed by atoms with van der Waals surface area (Å²) in [4.78, 5) is 27.0. The predicted octanol–water partition coefficient (Wildman–Crippen LogP) is 2.03. The lowest BCUT2D eigenvalue weighted by Crippen LogP contribution is -2.18. The zero-order chi connectivity index (χ0) is 14.9. The van der Waals surface area contributed by atoms with Gasteiger partial charge in [-0.25, -0.2) is 9.78 Å². The van der Waals surface area contributed by atoms with E-state index in [1.165, 1.54) is 14.0 Å². The number of aliphatic carboxylic acids is 1. The first-order valence-corrected chi connectivity index (χ1v) is 6.19. The van der Waals surface area contributed by atoms with E-state index in [0.29, 0.717) is 22.4 Å².